The molecule has 2 aliphatic carbocycles. The van der Waals surface area contributed by atoms with Crippen molar-refractivity contribution in [1.29, 1.82) is 0 Å². The fourth-order valence-corrected chi connectivity index (χ4v) is 5.33. The number of allylic oxidation sites excluding steroid dienone is 3. The zero-order chi connectivity index (χ0) is 20.9. The zero-order valence-electron chi connectivity index (χ0n) is 17.0. The number of carbonyl (C=O) groups is 2. The van der Waals surface area contributed by atoms with Crippen LogP contribution in [0.15, 0.2) is 102 Å². The molecule has 0 spiro atoms. The first-order valence-electron chi connectivity index (χ1n) is 10.7. The highest BCUT2D eigenvalue weighted by atomic mass is 16.1. The second kappa shape index (κ2) is 6.92. The molecule has 31 heavy (non-hydrogen) atoms. The van der Waals surface area contributed by atoms with Gasteiger partial charge in [0.2, 0.25) is 0 Å². The lowest BCUT2D eigenvalue weighted by atomic mass is 9.71. The van der Waals surface area contributed by atoms with Gasteiger partial charge in [0.05, 0.1) is 5.70 Å². The molecule has 0 radical (unpaired) electrons. The number of nitrogens with one attached hydrogen (secondary N) is 1. The Morgan fingerprint density at radius 2 is 1.26 bits per heavy atom. The maximum Gasteiger partial charge on any atom is 0.192 e. The van der Waals surface area contributed by atoms with Gasteiger partial charge in [-0.2, -0.15) is 0 Å². The van der Waals surface area contributed by atoms with Crippen LogP contribution in [0, 0.1) is 0 Å². The lowest BCUT2D eigenvalue weighted by Gasteiger charge is -2.36. The normalized spacial score (nSPS) is 22.1. The van der Waals surface area contributed by atoms with E-state index in [1.807, 2.05) is 72.8 Å². The first-order valence-corrected chi connectivity index (χ1v) is 10.7. The van der Waals surface area contributed by atoms with Crippen LogP contribution in [0.5, 0.6) is 0 Å². The maximum atomic E-state index is 13.5. The molecule has 2 atom stereocenters. The van der Waals surface area contributed by atoms with Crippen LogP contribution in [0.4, 0.5) is 0 Å². The number of Topliss-reactive ketones (excluding diaryl/α,β-unsaturated/α-hetero) is 2. The van der Waals surface area contributed by atoms with Gasteiger partial charge in [0, 0.05) is 40.3 Å². The molecule has 1 heterocycles. The fraction of sp³-hybridized carbons (Fsp3) is 0.143. The van der Waals surface area contributed by atoms with E-state index in [1.165, 1.54) is 5.56 Å². The Kier molecular flexibility index (Phi) is 4.03. The third-order valence-electron chi connectivity index (χ3n) is 6.72. The van der Waals surface area contributed by atoms with Crippen molar-refractivity contribution in [2.75, 3.05) is 0 Å². The molecule has 3 aliphatic rings. The van der Waals surface area contributed by atoms with E-state index < -0.39 is 0 Å². The maximum absolute atomic E-state index is 13.5. The zero-order valence-corrected chi connectivity index (χ0v) is 17.0. The molecule has 0 unspecified atom stereocenters. The fourth-order valence-electron chi connectivity index (χ4n) is 5.33. The Morgan fingerprint density at radius 3 is 1.97 bits per heavy atom. The van der Waals surface area contributed by atoms with Gasteiger partial charge in [-0.15, -0.1) is 0 Å². The first kappa shape index (κ1) is 18.1. The molecule has 1 N–H and O–H groups in total. The standard InChI is InChI=1S/C28H21NO2/c30-23-16-19(17-9-3-1-4-10-17)15-22-25(23)24(18-11-5-2-6-12-18)26-27(29-22)20-13-7-8-14-21(20)28(26)31/h1-14,19,24,29H,15-16H2/t19-,24-/m1/s1. The van der Waals surface area contributed by atoms with E-state index in [2.05, 4.69) is 17.4 Å². The summed E-state index contributed by atoms with van der Waals surface area (Å²) in [5.41, 5.74) is 7.13. The molecule has 6 rings (SSSR count). The van der Waals surface area contributed by atoms with Gasteiger partial charge in [-0.25, -0.2) is 0 Å². The molecular formula is C28H21NO2. The average Bonchev–Trinajstić information content (AvgIpc) is 3.11. The van der Waals surface area contributed by atoms with Crippen LogP contribution in [-0.4, -0.2) is 11.6 Å². The number of carbonyl (C=O) groups excluding carboxylic acids is 2. The molecular weight excluding hydrogens is 382 g/mol. The molecule has 150 valence electrons. The van der Waals surface area contributed by atoms with Crippen LogP contribution < -0.4 is 5.32 Å². The van der Waals surface area contributed by atoms with Crippen molar-refractivity contribution >= 4 is 17.3 Å². The second-order valence-electron chi connectivity index (χ2n) is 8.46. The number of ketones is 2. The van der Waals surface area contributed by atoms with Crippen LogP contribution >= 0.6 is 0 Å². The van der Waals surface area contributed by atoms with E-state index in [1.54, 1.807) is 0 Å². The molecule has 3 aromatic rings. The summed E-state index contributed by atoms with van der Waals surface area (Å²) in [7, 11) is 0. The van der Waals surface area contributed by atoms with Crippen molar-refractivity contribution in [2.45, 2.75) is 24.7 Å². The SMILES string of the molecule is O=C1C[C@H](c2ccccc2)CC2=C1[C@@H](c1ccccc1)C1=C(N2)c2ccccc2C1=O. The Morgan fingerprint density at radius 1 is 0.645 bits per heavy atom. The minimum absolute atomic E-state index is 0.0245. The molecule has 1 aliphatic heterocycles. The third-order valence-corrected chi connectivity index (χ3v) is 6.72. The van der Waals surface area contributed by atoms with Gasteiger partial charge in [0.15, 0.2) is 11.6 Å². The van der Waals surface area contributed by atoms with Crippen LogP contribution in [0.25, 0.3) is 5.70 Å². The molecule has 3 heteroatoms. The highest BCUT2D eigenvalue weighted by Crippen LogP contribution is 2.50. The Hall–Kier alpha value is -3.72. The second-order valence-corrected chi connectivity index (χ2v) is 8.46. The minimum atomic E-state index is -0.323. The highest BCUT2D eigenvalue weighted by Gasteiger charge is 2.45. The summed E-state index contributed by atoms with van der Waals surface area (Å²) >= 11 is 0. The number of fused-ring (bicyclic) bond motifs is 2. The molecule has 0 bridgehead atoms. The van der Waals surface area contributed by atoms with Gasteiger partial charge in [-0.05, 0) is 23.5 Å². The first-order chi connectivity index (χ1) is 15.2. The van der Waals surface area contributed by atoms with E-state index in [-0.39, 0.29) is 23.4 Å². The summed E-state index contributed by atoms with van der Waals surface area (Å²) in [4.78, 5) is 27.0. The molecule has 0 amide bonds. The summed E-state index contributed by atoms with van der Waals surface area (Å²) in [6, 6.07) is 28.0. The van der Waals surface area contributed by atoms with Crippen molar-refractivity contribution < 1.29 is 9.59 Å². The summed E-state index contributed by atoms with van der Waals surface area (Å²) in [6.45, 7) is 0. The van der Waals surface area contributed by atoms with Crippen LogP contribution in [0.3, 0.4) is 0 Å². The average molecular weight is 403 g/mol. The molecule has 0 aromatic heterocycles. The third kappa shape index (κ3) is 2.73. The van der Waals surface area contributed by atoms with E-state index in [0.717, 1.165) is 34.5 Å². The predicted octanol–water partition coefficient (Wildman–Crippen LogP) is 5.38. The number of rotatable bonds is 2. The van der Waals surface area contributed by atoms with Crippen molar-refractivity contribution in [3.05, 3.63) is 124 Å². The van der Waals surface area contributed by atoms with Gasteiger partial charge < -0.3 is 5.32 Å². The molecule has 3 aromatic carbocycles. The van der Waals surface area contributed by atoms with Crippen LogP contribution in [-0.2, 0) is 4.79 Å². The van der Waals surface area contributed by atoms with Crippen molar-refractivity contribution in [2.24, 2.45) is 0 Å². The summed E-state index contributed by atoms with van der Waals surface area (Å²) in [5.74, 6) is -0.0225. The largest absolute Gasteiger partial charge is 0.358 e. The smallest absolute Gasteiger partial charge is 0.192 e. The van der Waals surface area contributed by atoms with E-state index in [9.17, 15) is 9.59 Å². The highest BCUT2D eigenvalue weighted by molar-refractivity contribution is 6.23. The monoisotopic (exact) mass is 403 g/mol. The van der Waals surface area contributed by atoms with Crippen LogP contribution in [0.1, 0.15) is 51.7 Å². The number of hydrogen-bond donors (Lipinski definition) is 1. The van der Waals surface area contributed by atoms with Gasteiger partial charge in [-0.3, -0.25) is 9.59 Å². The molecule has 0 saturated heterocycles. The lowest BCUT2D eigenvalue weighted by molar-refractivity contribution is -0.116. The molecule has 0 saturated carbocycles. The Balaban J connectivity index is 1.52. The number of benzene rings is 3. The van der Waals surface area contributed by atoms with Gasteiger partial charge in [0.25, 0.3) is 0 Å². The molecule has 3 nitrogen and oxygen atoms in total. The minimum Gasteiger partial charge on any atom is -0.358 e. The Bertz CT molecular complexity index is 1280. The van der Waals surface area contributed by atoms with Crippen LogP contribution in [0.2, 0.25) is 0 Å². The summed E-state index contributed by atoms with van der Waals surface area (Å²) in [6.07, 6.45) is 1.24. The quantitative estimate of drug-likeness (QED) is 0.625. The Labute approximate surface area is 181 Å². The molecule has 0 fully saturated rings. The topological polar surface area (TPSA) is 46.2 Å². The van der Waals surface area contributed by atoms with Gasteiger partial charge in [0.1, 0.15) is 0 Å². The van der Waals surface area contributed by atoms with E-state index >= 15 is 0 Å². The lowest BCUT2D eigenvalue weighted by Crippen LogP contribution is -2.33. The number of dihydropyridines is 1. The van der Waals surface area contributed by atoms with E-state index in [0.29, 0.717) is 17.6 Å². The van der Waals surface area contributed by atoms with Crippen molar-refractivity contribution in [3.63, 3.8) is 0 Å². The number of hydrogen-bond acceptors (Lipinski definition) is 3. The van der Waals surface area contributed by atoms with Gasteiger partial charge in [-0.1, -0.05) is 84.9 Å². The summed E-state index contributed by atoms with van der Waals surface area (Å²) < 4.78 is 0. The van der Waals surface area contributed by atoms with Crippen molar-refractivity contribution in [3.8, 4) is 0 Å². The predicted molar refractivity (Wildman–Crippen MR) is 120 cm³/mol. The summed E-state index contributed by atoms with van der Waals surface area (Å²) in [5, 5.41) is 3.55. The van der Waals surface area contributed by atoms with Crippen molar-refractivity contribution in [1.82, 2.24) is 5.32 Å². The van der Waals surface area contributed by atoms with E-state index in [4.69, 9.17) is 0 Å². The van der Waals surface area contributed by atoms with Gasteiger partial charge >= 0.3 is 0 Å².